The minimum Gasteiger partial charge on any atom is -0.491 e. The fourth-order valence-electron chi connectivity index (χ4n) is 1.86. The maximum atomic E-state index is 11.8. The summed E-state index contributed by atoms with van der Waals surface area (Å²) in [5.41, 5.74) is 0.857. The van der Waals surface area contributed by atoms with E-state index < -0.39 is 10.0 Å². The largest absolute Gasteiger partial charge is 0.491 e. The molecular formula is C14H23NO3S. The molecule has 0 aliphatic rings. The fraction of sp³-hybridized carbons (Fsp3) is 0.571. The maximum Gasteiger partial charge on any atom is 0.212 e. The van der Waals surface area contributed by atoms with E-state index in [9.17, 15) is 8.42 Å². The first-order chi connectivity index (χ1) is 8.85. The van der Waals surface area contributed by atoms with Crippen molar-refractivity contribution in [3.8, 4) is 5.75 Å². The lowest BCUT2D eigenvalue weighted by Crippen LogP contribution is -2.29. The van der Waals surface area contributed by atoms with Gasteiger partial charge in [-0.15, -0.1) is 0 Å². The van der Waals surface area contributed by atoms with Gasteiger partial charge in [-0.25, -0.2) is 13.1 Å². The molecule has 1 N–H and O–H groups in total. The third-order valence-corrected chi connectivity index (χ3v) is 4.24. The second-order valence-electron chi connectivity index (χ2n) is 4.86. The molecule has 1 rings (SSSR count). The van der Waals surface area contributed by atoms with E-state index in [1.807, 2.05) is 52.0 Å². The topological polar surface area (TPSA) is 55.4 Å². The summed E-state index contributed by atoms with van der Waals surface area (Å²) >= 11 is 0. The summed E-state index contributed by atoms with van der Waals surface area (Å²) in [6, 6.07) is 7.21. The van der Waals surface area contributed by atoms with Gasteiger partial charge in [-0.1, -0.05) is 25.1 Å². The van der Waals surface area contributed by atoms with Crippen molar-refractivity contribution in [3.05, 3.63) is 29.8 Å². The molecular weight excluding hydrogens is 262 g/mol. The molecule has 0 saturated carbocycles. The van der Waals surface area contributed by atoms with Crippen LogP contribution >= 0.6 is 0 Å². The summed E-state index contributed by atoms with van der Waals surface area (Å²) in [7, 11) is -3.23. The first kappa shape index (κ1) is 16.0. The van der Waals surface area contributed by atoms with Gasteiger partial charge < -0.3 is 4.74 Å². The molecule has 0 radical (unpaired) electrons. The van der Waals surface area contributed by atoms with E-state index in [4.69, 9.17) is 4.74 Å². The van der Waals surface area contributed by atoms with Crippen LogP contribution in [0.3, 0.4) is 0 Å². The average Bonchev–Trinajstić information content (AvgIpc) is 2.27. The van der Waals surface area contributed by atoms with E-state index in [2.05, 4.69) is 4.72 Å². The Kier molecular flexibility index (Phi) is 5.82. The zero-order valence-corrected chi connectivity index (χ0v) is 12.8. The molecule has 0 saturated heterocycles. The molecule has 0 aromatic heterocycles. The second-order valence-corrected chi connectivity index (χ2v) is 6.74. The summed E-state index contributed by atoms with van der Waals surface area (Å²) in [4.78, 5) is 0. The molecule has 108 valence electrons. The van der Waals surface area contributed by atoms with Crippen molar-refractivity contribution < 1.29 is 13.2 Å². The molecule has 19 heavy (non-hydrogen) atoms. The smallest absolute Gasteiger partial charge is 0.212 e. The monoisotopic (exact) mass is 285 g/mol. The summed E-state index contributed by atoms with van der Waals surface area (Å²) in [5.74, 6) is 0.870. The Labute approximate surface area is 116 Å². The van der Waals surface area contributed by atoms with Crippen LogP contribution in [0.4, 0.5) is 0 Å². The van der Waals surface area contributed by atoms with Crippen LogP contribution in [0.5, 0.6) is 5.75 Å². The van der Waals surface area contributed by atoms with Crippen LogP contribution in [-0.4, -0.2) is 20.3 Å². The van der Waals surface area contributed by atoms with Gasteiger partial charge in [-0.2, -0.15) is 0 Å². The van der Waals surface area contributed by atoms with Gasteiger partial charge in [0.15, 0.2) is 0 Å². The third kappa shape index (κ3) is 5.20. The zero-order valence-electron chi connectivity index (χ0n) is 12.0. The number of sulfonamides is 1. The number of benzene rings is 1. The maximum absolute atomic E-state index is 11.8. The van der Waals surface area contributed by atoms with Gasteiger partial charge in [0, 0.05) is 11.6 Å². The van der Waals surface area contributed by atoms with Crippen LogP contribution in [0.1, 0.15) is 45.7 Å². The molecule has 0 bridgehead atoms. The quantitative estimate of drug-likeness (QED) is 0.838. The Morgan fingerprint density at radius 1 is 1.21 bits per heavy atom. The Hall–Kier alpha value is -1.07. The van der Waals surface area contributed by atoms with Gasteiger partial charge in [0.25, 0.3) is 0 Å². The van der Waals surface area contributed by atoms with Gasteiger partial charge >= 0.3 is 0 Å². The normalized spacial score (nSPS) is 13.5. The summed E-state index contributed by atoms with van der Waals surface area (Å²) < 4.78 is 32.0. The number of para-hydroxylation sites is 1. The first-order valence-corrected chi connectivity index (χ1v) is 8.26. The molecule has 1 aromatic rings. The highest BCUT2D eigenvalue weighted by molar-refractivity contribution is 7.89. The predicted molar refractivity (Wildman–Crippen MR) is 77.8 cm³/mol. The van der Waals surface area contributed by atoms with Crippen molar-refractivity contribution >= 4 is 10.0 Å². The van der Waals surface area contributed by atoms with E-state index in [1.54, 1.807) is 0 Å². The molecule has 4 nitrogen and oxygen atoms in total. The lowest BCUT2D eigenvalue weighted by atomic mass is 10.1. The van der Waals surface area contributed by atoms with Crippen LogP contribution in [0.2, 0.25) is 0 Å². The fourth-order valence-corrected chi connectivity index (χ4v) is 3.18. The van der Waals surface area contributed by atoms with Gasteiger partial charge in [0.05, 0.1) is 11.9 Å². The number of rotatable bonds is 7. The van der Waals surface area contributed by atoms with Crippen LogP contribution < -0.4 is 9.46 Å². The number of hydrogen-bond donors (Lipinski definition) is 1. The number of hydrogen-bond acceptors (Lipinski definition) is 3. The van der Waals surface area contributed by atoms with E-state index in [1.165, 1.54) is 0 Å². The average molecular weight is 285 g/mol. The van der Waals surface area contributed by atoms with Crippen molar-refractivity contribution in [1.82, 2.24) is 4.72 Å². The highest BCUT2D eigenvalue weighted by Gasteiger charge is 2.18. The van der Waals surface area contributed by atoms with Gasteiger partial charge in [0.1, 0.15) is 5.75 Å². The lowest BCUT2D eigenvalue weighted by Gasteiger charge is -2.19. The predicted octanol–water partition coefficient (Wildman–Crippen LogP) is 2.86. The Balaban J connectivity index is 2.90. The molecule has 0 spiro atoms. The highest BCUT2D eigenvalue weighted by atomic mass is 32.2. The van der Waals surface area contributed by atoms with Gasteiger partial charge in [-0.3, -0.25) is 0 Å². The van der Waals surface area contributed by atoms with Crippen molar-refractivity contribution in [2.45, 2.75) is 46.3 Å². The molecule has 0 heterocycles. The number of nitrogens with one attached hydrogen (secondary N) is 1. The zero-order chi connectivity index (χ0) is 14.5. The number of ether oxygens (including phenoxy) is 1. The van der Waals surface area contributed by atoms with Crippen LogP contribution in [-0.2, 0) is 10.0 Å². The van der Waals surface area contributed by atoms with Crippen molar-refractivity contribution in [1.29, 1.82) is 0 Å². The van der Waals surface area contributed by atoms with E-state index in [0.29, 0.717) is 6.42 Å². The first-order valence-electron chi connectivity index (χ1n) is 6.61. The molecule has 0 unspecified atom stereocenters. The SMILES string of the molecule is CCCS(=O)(=O)N[C@@H](C)c1ccccc1OC(C)C. The van der Waals surface area contributed by atoms with E-state index in [0.717, 1.165) is 11.3 Å². The lowest BCUT2D eigenvalue weighted by molar-refractivity contribution is 0.238. The van der Waals surface area contributed by atoms with Crippen LogP contribution in [0, 0.1) is 0 Å². The summed E-state index contributed by atoms with van der Waals surface area (Å²) in [5, 5.41) is 0. The highest BCUT2D eigenvalue weighted by Crippen LogP contribution is 2.26. The Morgan fingerprint density at radius 3 is 2.42 bits per heavy atom. The second kappa shape index (κ2) is 6.91. The van der Waals surface area contributed by atoms with Gasteiger partial charge in [-0.05, 0) is 33.3 Å². The van der Waals surface area contributed by atoms with Crippen LogP contribution in [0.15, 0.2) is 24.3 Å². The minimum atomic E-state index is -3.23. The van der Waals surface area contributed by atoms with E-state index in [-0.39, 0.29) is 17.9 Å². The summed E-state index contributed by atoms with van der Waals surface area (Å²) in [6.45, 7) is 7.57. The van der Waals surface area contributed by atoms with E-state index >= 15 is 0 Å². The Bertz CT molecular complexity index is 497. The minimum absolute atomic E-state index is 0.0561. The molecule has 5 heteroatoms. The molecule has 0 aliphatic heterocycles. The van der Waals surface area contributed by atoms with Crippen molar-refractivity contribution in [3.63, 3.8) is 0 Å². The summed E-state index contributed by atoms with van der Waals surface area (Å²) in [6.07, 6.45) is 0.659. The van der Waals surface area contributed by atoms with Crippen molar-refractivity contribution in [2.24, 2.45) is 0 Å². The van der Waals surface area contributed by atoms with Crippen molar-refractivity contribution in [2.75, 3.05) is 5.75 Å². The Morgan fingerprint density at radius 2 is 1.84 bits per heavy atom. The molecule has 1 aromatic carbocycles. The molecule has 0 fully saturated rings. The van der Waals surface area contributed by atoms with Gasteiger partial charge in [0.2, 0.25) is 10.0 Å². The standard InChI is InChI=1S/C14H23NO3S/c1-5-10-19(16,17)15-12(4)13-8-6-7-9-14(13)18-11(2)3/h6-9,11-12,15H,5,10H2,1-4H3/t12-/m0/s1. The molecule has 0 amide bonds. The third-order valence-electron chi connectivity index (χ3n) is 2.58. The molecule has 1 atom stereocenters. The molecule has 0 aliphatic carbocycles. The van der Waals surface area contributed by atoms with Crippen LogP contribution in [0.25, 0.3) is 0 Å².